The topological polar surface area (TPSA) is 179 Å². The molecule has 7 N–H and O–H groups in total. The predicted octanol–water partition coefficient (Wildman–Crippen LogP) is -1.87. The minimum absolute atomic E-state index is 0.117. The molecule has 0 aliphatic heterocycles. The van der Waals surface area contributed by atoms with Crippen LogP contribution in [-0.2, 0) is 25.6 Å². The maximum Gasteiger partial charge on any atom is 0.322 e. The highest BCUT2D eigenvalue weighted by molar-refractivity contribution is 5.93. The van der Waals surface area contributed by atoms with E-state index >= 15 is 0 Å². The van der Waals surface area contributed by atoms with Crippen LogP contribution in [0.15, 0.2) is 12.5 Å². The number of nitrogens with zero attached hydrogens (tertiary/aromatic N) is 1. The van der Waals surface area contributed by atoms with Gasteiger partial charge in [0.15, 0.2) is 0 Å². The number of amides is 3. The van der Waals surface area contributed by atoms with Crippen molar-refractivity contribution in [2.24, 2.45) is 11.7 Å². The summed E-state index contributed by atoms with van der Waals surface area (Å²) in [5, 5.41) is 15.8. The lowest BCUT2D eigenvalue weighted by Gasteiger charge is -2.23. The fourth-order valence-corrected chi connectivity index (χ4v) is 2.09. The van der Waals surface area contributed by atoms with Gasteiger partial charge in [0.1, 0.15) is 18.6 Å². The Bertz CT molecular complexity index is 660. The number of nitrogens with one attached hydrogen (secondary N) is 4. The maximum atomic E-state index is 12.6. The molecule has 11 nitrogen and oxygen atoms in total. The molecule has 1 rings (SSSR count). The van der Waals surface area contributed by atoms with E-state index in [9.17, 15) is 19.2 Å². The molecule has 150 valence electrons. The molecule has 0 fully saturated rings. The van der Waals surface area contributed by atoms with Crippen molar-refractivity contribution in [2.75, 3.05) is 6.54 Å². The molecule has 3 atom stereocenters. The number of rotatable bonds is 10. The Labute approximate surface area is 156 Å². The summed E-state index contributed by atoms with van der Waals surface area (Å²) in [6.07, 6.45) is 3.07. The standard InChI is InChI=1S/C16H26N6O5/c1-8(2)13(17)16(27)22-11(4-10-5-18-7-20-10)15(26)21-9(3)14(25)19-6-12(23)24/h5,7-9,11,13H,4,6,17H2,1-3H3,(H,18,20)(H,19,25)(H,21,26)(H,22,27)(H,23,24). The summed E-state index contributed by atoms with van der Waals surface area (Å²) in [6, 6.07) is -2.77. The van der Waals surface area contributed by atoms with Crippen molar-refractivity contribution in [3.63, 3.8) is 0 Å². The molecular formula is C16H26N6O5. The van der Waals surface area contributed by atoms with E-state index in [1.807, 2.05) is 0 Å². The van der Waals surface area contributed by atoms with Crippen LogP contribution in [0.3, 0.4) is 0 Å². The number of aromatic amines is 1. The van der Waals surface area contributed by atoms with Crippen molar-refractivity contribution in [1.29, 1.82) is 0 Å². The van der Waals surface area contributed by atoms with Gasteiger partial charge in [-0.2, -0.15) is 0 Å². The molecule has 0 bridgehead atoms. The molecule has 3 unspecified atom stereocenters. The SMILES string of the molecule is CC(NC(=O)C(Cc1cnc[nH]1)NC(=O)C(N)C(C)C)C(=O)NCC(=O)O. The van der Waals surface area contributed by atoms with Gasteiger partial charge in [0.05, 0.1) is 12.4 Å². The first-order chi connectivity index (χ1) is 12.6. The highest BCUT2D eigenvalue weighted by Crippen LogP contribution is 2.03. The summed E-state index contributed by atoms with van der Waals surface area (Å²) in [4.78, 5) is 53.8. The van der Waals surface area contributed by atoms with E-state index in [1.54, 1.807) is 13.8 Å². The summed E-state index contributed by atoms with van der Waals surface area (Å²) in [6.45, 7) is 4.41. The minimum atomic E-state index is -1.20. The fraction of sp³-hybridized carbons (Fsp3) is 0.562. The third kappa shape index (κ3) is 7.44. The van der Waals surface area contributed by atoms with Gasteiger partial charge in [-0.25, -0.2) is 4.98 Å². The molecule has 0 aromatic carbocycles. The van der Waals surface area contributed by atoms with Crippen LogP contribution >= 0.6 is 0 Å². The predicted molar refractivity (Wildman–Crippen MR) is 95.3 cm³/mol. The van der Waals surface area contributed by atoms with Crippen molar-refractivity contribution >= 4 is 23.7 Å². The average molecular weight is 382 g/mol. The highest BCUT2D eigenvalue weighted by Gasteiger charge is 2.28. The van der Waals surface area contributed by atoms with Crippen LogP contribution in [0, 0.1) is 5.92 Å². The summed E-state index contributed by atoms with van der Waals surface area (Å²) < 4.78 is 0. The van der Waals surface area contributed by atoms with E-state index in [0.29, 0.717) is 5.69 Å². The van der Waals surface area contributed by atoms with Gasteiger partial charge in [-0.15, -0.1) is 0 Å². The Kier molecular flexibility index (Phi) is 8.39. The first-order valence-electron chi connectivity index (χ1n) is 8.44. The second kappa shape index (κ2) is 10.3. The van der Waals surface area contributed by atoms with Crippen molar-refractivity contribution < 1.29 is 24.3 Å². The van der Waals surface area contributed by atoms with Gasteiger partial charge >= 0.3 is 5.97 Å². The first-order valence-corrected chi connectivity index (χ1v) is 8.44. The monoisotopic (exact) mass is 382 g/mol. The number of hydrogen-bond acceptors (Lipinski definition) is 6. The normalized spacial score (nSPS) is 14.1. The van der Waals surface area contributed by atoms with Gasteiger partial charge in [-0.1, -0.05) is 13.8 Å². The summed E-state index contributed by atoms with van der Waals surface area (Å²) >= 11 is 0. The van der Waals surface area contributed by atoms with Crippen molar-refractivity contribution in [3.05, 3.63) is 18.2 Å². The highest BCUT2D eigenvalue weighted by atomic mass is 16.4. The Morgan fingerprint density at radius 3 is 2.33 bits per heavy atom. The minimum Gasteiger partial charge on any atom is -0.480 e. The van der Waals surface area contributed by atoms with E-state index in [-0.39, 0.29) is 12.3 Å². The molecule has 11 heteroatoms. The van der Waals surface area contributed by atoms with Crippen LogP contribution in [0.5, 0.6) is 0 Å². The molecule has 0 radical (unpaired) electrons. The zero-order valence-corrected chi connectivity index (χ0v) is 15.5. The van der Waals surface area contributed by atoms with Crippen molar-refractivity contribution in [2.45, 2.75) is 45.3 Å². The number of imidazole rings is 1. The average Bonchev–Trinajstić information content (AvgIpc) is 3.10. The molecular weight excluding hydrogens is 356 g/mol. The number of nitrogens with two attached hydrogens (primary N) is 1. The van der Waals surface area contributed by atoms with Gasteiger partial charge < -0.3 is 31.8 Å². The molecule has 0 spiro atoms. The fourth-order valence-electron chi connectivity index (χ4n) is 2.09. The van der Waals surface area contributed by atoms with Crippen LogP contribution < -0.4 is 21.7 Å². The second-order valence-corrected chi connectivity index (χ2v) is 6.45. The smallest absolute Gasteiger partial charge is 0.322 e. The molecule has 1 aromatic heterocycles. The number of H-pyrrole nitrogens is 1. The van der Waals surface area contributed by atoms with E-state index in [0.717, 1.165) is 0 Å². The number of aliphatic carboxylic acids is 1. The number of hydrogen-bond donors (Lipinski definition) is 6. The number of aromatic nitrogens is 2. The van der Waals surface area contributed by atoms with Crippen LogP contribution in [0.4, 0.5) is 0 Å². The van der Waals surface area contributed by atoms with E-state index in [2.05, 4.69) is 25.9 Å². The van der Waals surface area contributed by atoms with Gasteiger partial charge in [0, 0.05) is 18.3 Å². The molecule has 1 heterocycles. The molecule has 1 aromatic rings. The molecule has 0 aliphatic carbocycles. The van der Waals surface area contributed by atoms with Crippen LogP contribution in [0.2, 0.25) is 0 Å². The van der Waals surface area contributed by atoms with Crippen LogP contribution in [0.25, 0.3) is 0 Å². The number of carbonyl (C=O) groups excluding carboxylic acids is 3. The summed E-state index contributed by atoms with van der Waals surface area (Å²) in [7, 11) is 0. The van der Waals surface area contributed by atoms with Gasteiger partial charge in [-0.3, -0.25) is 19.2 Å². The lowest BCUT2D eigenvalue weighted by molar-refractivity contribution is -0.138. The maximum absolute atomic E-state index is 12.6. The molecule has 0 saturated carbocycles. The number of carbonyl (C=O) groups is 4. The van der Waals surface area contributed by atoms with Gasteiger partial charge in [0.2, 0.25) is 17.7 Å². The quantitative estimate of drug-likeness (QED) is 0.274. The third-order valence-corrected chi connectivity index (χ3v) is 3.80. The molecule has 3 amide bonds. The largest absolute Gasteiger partial charge is 0.480 e. The lowest BCUT2D eigenvalue weighted by atomic mass is 10.0. The first kappa shape index (κ1) is 22.1. The molecule has 27 heavy (non-hydrogen) atoms. The second-order valence-electron chi connectivity index (χ2n) is 6.45. The zero-order valence-electron chi connectivity index (χ0n) is 15.5. The van der Waals surface area contributed by atoms with Crippen LogP contribution in [-0.4, -0.2) is 63.4 Å². The van der Waals surface area contributed by atoms with Gasteiger partial charge in [-0.05, 0) is 12.8 Å². The zero-order chi connectivity index (χ0) is 20.6. The Morgan fingerprint density at radius 2 is 1.81 bits per heavy atom. The molecule has 0 aliphatic rings. The summed E-state index contributed by atoms with van der Waals surface area (Å²) in [5.74, 6) is -3.08. The van der Waals surface area contributed by atoms with Gasteiger partial charge in [0.25, 0.3) is 0 Å². The Hall–Kier alpha value is -2.95. The Balaban J connectivity index is 2.78. The van der Waals surface area contributed by atoms with Crippen LogP contribution in [0.1, 0.15) is 26.5 Å². The third-order valence-electron chi connectivity index (χ3n) is 3.80. The van der Waals surface area contributed by atoms with E-state index in [4.69, 9.17) is 10.8 Å². The summed E-state index contributed by atoms with van der Waals surface area (Å²) in [5.41, 5.74) is 6.42. The van der Waals surface area contributed by atoms with Crippen molar-refractivity contribution in [3.8, 4) is 0 Å². The van der Waals surface area contributed by atoms with E-state index in [1.165, 1.54) is 19.4 Å². The Morgan fingerprint density at radius 1 is 1.15 bits per heavy atom. The van der Waals surface area contributed by atoms with E-state index < -0.39 is 48.4 Å². The number of carboxylic acids is 1. The molecule has 0 saturated heterocycles. The lowest BCUT2D eigenvalue weighted by Crippen LogP contribution is -2.56. The van der Waals surface area contributed by atoms with Crippen molar-refractivity contribution in [1.82, 2.24) is 25.9 Å². The number of carboxylic acid groups (broad SMARTS) is 1.